The van der Waals surface area contributed by atoms with Gasteiger partial charge in [-0.3, -0.25) is 4.79 Å². The van der Waals surface area contributed by atoms with Crippen molar-refractivity contribution >= 4 is 17.6 Å². The van der Waals surface area contributed by atoms with Gasteiger partial charge in [-0.05, 0) is 36.5 Å². The average Bonchev–Trinajstić information content (AvgIpc) is 3.01. The first-order valence-corrected chi connectivity index (χ1v) is 5.35. The second-order valence-electron chi connectivity index (χ2n) is 3.93. The van der Waals surface area contributed by atoms with E-state index in [2.05, 4.69) is 0 Å². The monoisotopic (exact) mass is 224 g/mol. The Morgan fingerprint density at radius 1 is 1.53 bits per heavy atom. The molecule has 1 aromatic carbocycles. The molecule has 0 radical (unpaired) electrons. The van der Waals surface area contributed by atoms with Gasteiger partial charge in [0.05, 0.1) is 13.0 Å². The van der Waals surface area contributed by atoms with E-state index >= 15 is 0 Å². The maximum Gasteiger partial charge on any atom is 0.309 e. The van der Waals surface area contributed by atoms with Gasteiger partial charge in [-0.15, -0.1) is 0 Å². The fourth-order valence-corrected chi connectivity index (χ4v) is 2.16. The van der Waals surface area contributed by atoms with Crippen molar-refractivity contribution in [2.45, 2.75) is 19.3 Å². The van der Waals surface area contributed by atoms with Crippen LogP contribution in [-0.4, -0.2) is 13.1 Å². The average molecular weight is 225 g/mol. The van der Waals surface area contributed by atoms with Gasteiger partial charge in [0.25, 0.3) is 0 Å². The van der Waals surface area contributed by atoms with Crippen LogP contribution in [0.2, 0.25) is 5.02 Å². The van der Waals surface area contributed by atoms with Crippen molar-refractivity contribution in [2.24, 2.45) is 5.92 Å². The minimum absolute atomic E-state index is 0.0344. The summed E-state index contributed by atoms with van der Waals surface area (Å²) < 4.78 is 4.72. The highest BCUT2D eigenvalue weighted by Crippen LogP contribution is 2.49. The third-order valence-electron chi connectivity index (χ3n) is 3.00. The molecule has 2 atom stereocenters. The molecule has 1 aliphatic rings. The lowest BCUT2D eigenvalue weighted by molar-refractivity contribution is -0.142. The SMILES string of the molecule is COC(=O)[C@@H]1C[C@H]1c1cccc(Cl)c1C. The second kappa shape index (κ2) is 3.86. The lowest BCUT2D eigenvalue weighted by Crippen LogP contribution is -2.04. The molecule has 0 amide bonds. The van der Waals surface area contributed by atoms with Crippen LogP contribution in [0.3, 0.4) is 0 Å². The van der Waals surface area contributed by atoms with Crippen molar-refractivity contribution in [2.75, 3.05) is 7.11 Å². The molecule has 2 nitrogen and oxygen atoms in total. The molecule has 1 fully saturated rings. The molecule has 0 aliphatic heterocycles. The van der Waals surface area contributed by atoms with E-state index in [0.717, 1.165) is 17.0 Å². The lowest BCUT2D eigenvalue weighted by Gasteiger charge is -2.06. The summed E-state index contributed by atoms with van der Waals surface area (Å²) in [7, 11) is 1.43. The standard InChI is InChI=1S/C12H13ClO2/c1-7-8(4-3-5-11(7)13)9-6-10(9)12(14)15-2/h3-5,9-10H,6H2,1-2H3/t9-,10+/m0/s1. The zero-order valence-corrected chi connectivity index (χ0v) is 9.54. The number of rotatable bonds is 2. The van der Waals surface area contributed by atoms with E-state index in [4.69, 9.17) is 16.3 Å². The van der Waals surface area contributed by atoms with Crippen molar-refractivity contribution in [1.82, 2.24) is 0 Å². The number of hydrogen-bond donors (Lipinski definition) is 0. The van der Waals surface area contributed by atoms with E-state index in [9.17, 15) is 4.79 Å². The highest BCUT2D eigenvalue weighted by atomic mass is 35.5. The van der Waals surface area contributed by atoms with Crippen molar-refractivity contribution in [3.05, 3.63) is 34.3 Å². The van der Waals surface area contributed by atoms with Crippen LogP contribution in [0.1, 0.15) is 23.5 Å². The van der Waals surface area contributed by atoms with Crippen LogP contribution in [0.5, 0.6) is 0 Å². The number of halogens is 1. The van der Waals surface area contributed by atoms with E-state index in [1.165, 1.54) is 12.7 Å². The second-order valence-corrected chi connectivity index (χ2v) is 4.33. The zero-order chi connectivity index (χ0) is 11.0. The summed E-state index contributed by atoms with van der Waals surface area (Å²) in [4.78, 5) is 11.3. The fraction of sp³-hybridized carbons (Fsp3) is 0.417. The number of methoxy groups -OCH3 is 1. The molecule has 1 aromatic rings. The summed E-state index contributed by atoms with van der Waals surface area (Å²) >= 11 is 6.03. The number of benzene rings is 1. The van der Waals surface area contributed by atoms with Crippen molar-refractivity contribution in [3.63, 3.8) is 0 Å². The summed E-state index contributed by atoms with van der Waals surface area (Å²) in [6.45, 7) is 1.99. The van der Waals surface area contributed by atoms with E-state index in [1.54, 1.807) is 0 Å². The number of hydrogen-bond acceptors (Lipinski definition) is 2. The van der Waals surface area contributed by atoms with Crippen molar-refractivity contribution in [1.29, 1.82) is 0 Å². The quantitative estimate of drug-likeness (QED) is 0.722. The number of ether oxygens (including phenoxy) is 1. The Hall–Kier alpha value is -1.02. The molecule has 1 saturated carbocycles. The summed E-state index contributed by atoms with van der Waals surface area (Å²) in [5.74, 6) is 0.225. The largest absolute Gasteiger partial charge is 0.469 e. The maximum atomic E-state index is 11.3. The predicted molar refractivity (Wildman–Crippen MR) is 59.1 cm³/mol. The van der Waals surface area contributed by atoms with Gasteiger partial charge in [-0.25, -0.2) is 0 Å². The first kappa shape index (κ1) is 10.5. The molecule has 0 spiro atoms. The van der Waals surface area contributed by atoms with Crippen LogP contribution in [0.25, 0.3) is 0 Å². The van der Waals surface area contributed by atoms with E-state index in [-0.39, 0.29) is 11.9 Å². The van der Waals surface area contributed by atoms with E-state index < -0.39 is 0 Å². The molecule has 0 heterocycles. The lowest BCUT2D eigenvalue weighted by atomic mass is 10.0. The van der Waals surface area contributed by atoms with Crippen molar-refractivity contribution in [3.8, 4) is 0 Å². The maximum absolute atomic E-state index is 11.3. The Morgan fingerprint density at radius 2 is 2.27 bits per heavy atom. The summed E-state index contributed by atoms with van der Waals surface area (Å²) in [6, 6.07) is 5.84. The van der Waals surface area contributed by atoms with Gasteiger partial charge >= 0.3 is 5.97 Å². The normalized spacial score (nSPS) is 23.7. The number of esters is 1. The van der Waals surface area contributed by atoms with Gasteiger partial charge in [0, 0.05) is 5.02 Å². The number of carbonyl (C=O) groups is 1. The minimum atomic E-state index is -0.112. The van der Waals surface area contributed by atoms with Gasteiger partial charge in [0.2, 0.25) is 0 Å². The molecule has 2 rings (SSSR count). The molecule has 0 N–H and O–H groups in total. The van der Waals surface area contributed by atoms with E-state index in [0.29, 0.717) is 5.92 Å². The predicted octanol–water partition coefficient (Wildman–Crippen LogP) is 2.92. The highest BCUT2D eigenvalue weighted by molar-refractivity contribution is 6.31. The van der Waals surface area contributed by atoms with Gasteiger partial charge < -0.3 is 4.74 Å². The van der Waals surface area contributed by atoms with Gasteiger partial charge in [-0.1, -0.05) is 23.7 Å². The molecular weight excluding hydrogens is 212 g/mol. The van der Waals surface area contributed by atoms with Crippen LogP contribution < -0.4 is 0 Å². The summed E-state index contributed by atoms with van der Waals surface area (Å²) in [5, 5.41) is 0.767. The Kier molecular flexibility index (Phi) is 2.70. The number of carbonyl (C=O) groups excluding carboxylic acids is 1. The first-order chi connectivity index (χ1) is 7.15. The van der Waals surface area contributed by atoms with Crippen LogP contribution in [0.4, 0.5) is 0 Å². The van der Waals surface area contributed by atoms with Gasteiger partial charge in [0.15, 0.2) is 0 Å². The molecule has 15 heavy (non-hydrogen) atoms. The van der Waals surface area contributed by atoms with E-state index in [1.807, 2.05) is 25.1 Å². The molecule has 0 aromatic heterocycles. The Bertz CT molecular complexity index is 401. The first-order valence-electron chi connectivity index (χ1n) is 4.98. The Labute approximate surface area is 94.2 Å². The third-order valence-corrected chi connectivity index (χ3v) is 3.41. The molecular formula is C12H13ClO2. The molecule has 80 valence electrons. The highest BCUT2D eigenvalue weighted by Gasteiger charge is 2.45. The van der Waals surface area contributed by atoms with Crippen LogP contribution in [-0.2, 0) is 9.53 Å². The van der Waals surface area contributed by atoms with Crippen LogP contribution in [0.15, 0.2) is 18.2 Å². The third kappa shape index (κ3) is 1.86. The van der Waals surface area contributed by atoms with Crippen LogP contribution in [0, 0.1) is 12.8 Å². The molecule has 0 bridgehead atoms. The minimum Gasteiger partial charge on any atom is -0.469 e. The fourth-order valence-electron chi connectivity index (χ4n) is 1.98. The van der Waals surface area contributed by atoms with Crippen LogP contribution >= 0.6 is 11.6 Å². The smallest absolute Gasteiger partial charge is 0.309 e. The summed E-state index contributed by atoms with van der Waals surface area (Å²) in [6.07, 6.45) is 0.883. The van der Waals surface area contributed by atoms with Gasteiger partial charge in [-0.2, -0.15) is 0 Å². The van der Waals surface area contributed by atoms with Gasteiger partial charge in [0.1, 0.15) is 0 Å². The molecule has 0 unspecified atom stereocenters. The van der Waals surface area contributed by atoms with Crippen molar-refractivity contribution < 1.29 is 9.53 Å². The summed E-state index contributed by atoms with van der Waals surface area (Å²) in [5.41, 5.74) is 2.26. The zero-order valence-electron chi connectivity index (χ0n) is 8.79. The Morgan fingerprint density at radius 3 is 2.93 bits per heavy atom. The Balaban J connectivity index is 2.20. The molecule has 3 heteroatoms. The topological polar surface area (TPSA) is 26.3 Å². The molecule has 0 saturated heterocycles. The molecule has 1 aliphatic carbocycles.